The molecule has 6 nitrogen and oxygen atoms in total. The van der Waals surface area contributed by atoms with E-state index in [4.69, 9.17) is 8.92 Å². The summed E-state index contributed by atoms with van der Waals surface area (Å²) in [6.45, 7) is 4.42. The molecule has 0 radical (unpaired) electrons. The smallest absolute Gasteiger partial charge is 0.264 e. The van der Waals surface area contributed by atoms with Crippen LogP contribution in [-0.4, -0.2) is 39.2 Å². The Morgan fingerprint density at radius 2 is 1.81 bits per heavy atom. The molecular weight excluding hydrogens is 482 g/mol. The van der Waals surface area contributed by atoms with Crippen LogP contribution in [0.5, 0.6) is 5.75 Å². The molecule has 0 saturated carbocycles. The van der Waals surface area contributed by atoms with Crippen LogP contribution in [0.4, 0.5) is 0 Å². The van der Waals surface area contributed by atoms with Gasteiger partial charge in [0.15, 0.2) is 0 Å². The third-order valence-corrected chi connectivity index (χ3v) is 6.81. The molecule has 168 valence electrons. The molecule has 2 aromatic carbocycles. The summed E-state index contributed by atoms with van der Waals surface area (Å²) in [4.78, 5) is 15.5. The first kappa shape index (κ1) is 23.8. The second-order valence-electron chi connectivity index (χ2n) is 7.94. The molecule has 0 aliphatic carbocycles. The number of amides is 1. The third kappa shape index (κ3) is 4.96. The lowest BCUT2D eigenvalue weighted by Gasteiger charge is -2.39. The molecule has 1 atom stereocenters. The largest absolute Gasteiger partial charge is 0.497 e. The quantitative estimate of drug-likeness (QED) is 0.454. The van der Waals surface area contributed by atoms with Crippen molar-refractivity contribution in [2.45, 2.75) is 45.2 Å². The topological polar surface area (TPSA) is 72.9 Å². The Balaban J connectivity index is 2.08. The number of methoxy groups -OCH3 is 1. The number of benzene rings is 2. The molecule has 0 spiro atoms. The molecule has 0 saturated heterocycles. The Bertz CT molecular complexity index is 1070. The number of carbonyl (C=O) groups is 1. The Morgan fingerprint density at radius 3 is 2.39 bits per heavy atom. The van der Waals surface area contributed by atoms with E-state index in [9.17, 15) is 13.2 Å². The van der Waals surface area contributed by atoms with Gasteiger partial charge in [-0.1, -0.05) is 41.4 Å². The van der Waals surface area contributed by atoms with Crippen molar-refractivity contribution in [2.75, 3.05) is 20.0 Å². The van der Waals surface area contributed by atoms with Crippen LogP contribution in [0.25, 0.3) is 0 Å². The highest BCUT2D eigenvalue weighted by molar-refractivity contribution is 9.10. The minimum absolute atomic E-state index is 0.0101. The van der Waals surface area contributed by atoms with Crippen molar-refractivity contribution in [3.05, 3.63) is 63.1 Å². The van der Waals surface area contributed by atoms with E-state index in [0.29, 0.717) is 24.9 Å². The third-order valence-electron chi connectivity index (χ3n) is 5.75. The zero-order valence-corrected chi connectivity index (χ0v) is 20.7. The first-order chi connectivity index (χ1) is 14.6. The highest BCUT2D eigenvalue weighted by Gasteiger charge is 2.49. The van der Waals surface area contributed by atoms with Gasteiger partial charge in [-0.2, -0.15) is 8.42 Å². The van der Waals surface area contributed by atoms with Crippen LogP contribution in [0.15, 0.2) is 40.9 Å². The van der Waals surface area contributed by atoms with Crippen molar-refractivity contribution in [1.82, 2.24) is 4.90 Å². The second kappa shape index (κ2) is 9.30. The Hall–Kier alpha value is -1.90. The normalized spacial score (nSPS) is 18.4. The maximum atomic E-state index is 13.6. The average molecular weight is 510 g/mol. The zero-order chi connectivity index (χ0) is 22.8. The van der Waals surface area contributed by atoms with Crippen LogP contribution in [0.1, 0.15) is 53.2 Å². The van der Waals surface area contributed by atoms with Gasteiger partial charge in [0.25, 0.3) is 16.0 Å². The SMILES string of the molecule is CCCC1(CCOS(C)(=O)=O)c2cc(Br)cc(C)c2C(=O)N1Cc1ccc(OC)cc1. The molecule has 1 aliphatic heterocycles. The van der Waals surface area contributed by atoms with E-state index in [1.54, 1.807) is 7.11 Å². The van der Waals surface area contributed by atoms with Crippen molar-refractivity contribution in [3.63, 3.8) is 0 Å². The second-order valence-corrected chi connectivity index (χ2v) is 10.5. The van der Waals surface area contributed by atoms with Gasteiger partial charge < -0.3 is 9.64 Å². The number of ether oxygens (including phenoxy) is 1. The number of rotatable bonds is 9. The minimum Gasteiger partial charge on any atom is -0.497 e. The molecule has 1 heterocycles. The molecule has 1 amide bonds. The highest BCUT2D eigenvalue weighted by Crippen LogP contribution is 2.48. The number of aryl methyl sites for hydroxylation is 1. The summed E-state index contributed by atoms with van der Waals surface area (Å²) >= 11 is 3.57. The maximum absolute atomic E-state index is 13.6. The zero-order valence-electron chi connectivity index (χ0n) is 18.3. The Labute approximate surface area is 192 Å². The minimum atomic E-state index is -3.58. The fourth-order valence-electron chi connectivity index (χ4n) is 4.45. The van der Waals surface area contributed by atoms with Crippen LogP contribution >= 0.6 is 15.9 Å². The van der Waals surface area contributed by atoms with Crippen LogP contribution in [0.2, 0.25) is 0 Å². The molecule has 2 aromatic rings. The fourth-order valence-corrected chi connectivity index (χ4v) is 5.40. The summed E-state index contributed by atoms with van der Waals surface area (Å²) in [6.07, 6.45) is 2.96. The van der Waals surface area contributed by atoms with E-state index in [-0.39, 0.29) is 12.5 Å². The van der Waals surface area contributed by atoms with Crippen molar-refractivity contribution in [1.29, 1.82) is 0 Å². The van der Waals surface area contributed by atoms with Crippen molar-refractivity contribution in [3.8, 4) is 5.75 Å². The molecule has 3 rings (SSSR count). The Morgan fingerprint density at radius 1 is 1.13 bits per heavy atom. The first-order valence-corrected chi connectivity index (χ1v) is 12.8. The summed E-state index contributed by atoms with van der Waals surface area (Å²) in [5, 5.41) is 0. The molecule has 0 fully saturated rings. The van der Waals surface area contributed by atoms with Crippen LogP contribution in [-0.2, 0) is 26.4 Å². The fraction of sp³-hybridized carbons (Fsp3) is 0.435. The van der Waals surface area contributed by atoms with Crippen LogP contribution < -0.4 is 4.74 Å². The molecule has 1 unspecified atom stereocenters. The number of halogens is 1. The lowest BCUT2D eigenvalue weighted by atomic mass is 9.81. The maximum Gasteiger partial charge on any atom is 0.264 e. The van der Waals surface area contributed by atoms with E-state index in [2.05, 4.69) is 22.9 Å². The summed E-state index contributed by atoms with van der Waals surface area (Å²) < 4.78 is 34.4. The van der Waals surface area contributed by atoms with Gasteiger partial charge in [-0.05, 0) is 60.7 Å². The molecule has 31 heavy (non-hydrogen) atoms. The lowest BCUT2D eigenvalue weighted by molar-refractivity contribution is 0.0412. The summed E-state index contributed by atoms with van der Waals surface area (Å²) in [5.74, 6) is 0.713. The van der Waals surface area contributed by atoms with Gasteiger partial charge in [-0.3, -0.25) is 8.98 Å². The van der Waals surface area contributed by atoms with Crippen molar-refractivity contribution < 1.29 is 22.1 Å². The van der Waals surface area contributed by atoms with E-state index in [1.807, 2.05) is 48.2 Å². The van der Waals surface area contributed by atoms with Crippen LogP contribution in [0.3, 0.4) is 0 Å². The van der Waals surface area contributed by atoms with Gasteiger partial charge in [-0.15, -0.1) is 0 Å². The summed E-state index contributed by atoms with van der Waals surface area (Å²) in [6, 6.07) is 11.6. The molecule has 0 aromatic heterocycles. The van der Waals surface area contributed by atoms with E-state index in [1.165, 1.54) is 0 Å². The molecular formula is C23H28BrNO5S. The number of hydrogen-bond acceptors (Lipinski definition) is 5. The number of carbonyl (C=O) groups excluding carboxylic acids is 1. The van der Waals surface area contributed by atoms with Crippen molar-refractivity contribution in [2.24, 2.45) is 0 Å². The van der Waals surface area contributed by atoms with E-state index in [0.717, 1.165) is 39.6 Å². The predicted molar refractivity (Wildman–Crippen MR) is 124 cm³/mol. The number of nitrogens with zero attached hydrogens (tertiary/aromatic N) is 1. The summed E-state index contributed by atoms with van der Waals surface area (Å²) in [5.41, 5.74) is 2.85. The lowest BCUT2D eigenvalue weighted by Crippen LogP contribution is -2.44. The van der Waals surface area contributed by atoms with Gasteiger partial charge >= 0.3 is 0 Å². The highest BCUT2D eigenvalue weighted by atomic mass is 79.9. The van der Waals surface area contributed by atoms with Gasteiger partial charge in [0, 0.05) is 16.6 Å². The first-order valence-electron chi connectivity index (χ1n) is 10.2. The average Bonchev–Trinajstić information content (AvgIpc) is 2.90. The van der Waals surface area contributed by atoms with E-state index < -0.39 is 15.7 Å². The molecule has 0 bridgehead atoms. The van der Waals surface area contributed by atoms with Crippen LogP contribution in [0, 0.1) is 6.92 Å². The molecule has 0 N–H and O–H groups in total. The van der Waals surface area contributed by atoms with Gasteiger partial charge in [-0.25, -0.2) is 0 Å². The Kier molecular flexibility index (Phi) is 7.13. The predicted octanol–water partition coefficient (Wildman–Crippen LogP) is 4.78. The molecule has 1 aliphatic rings. The monoisotopic (exact) mass is 509 g/mol. The number of fused-ring (bicyclic) bond motifs is 1. The number of hydrogen-bond donors (Lipinski definition) is 0. The van der Waals surface area contributed by atoms with Gasteiger partial charge in [0.05, 0.1) is 25.5 Å². The van der Waals surface area contributed by atoms with Gasteiger partial charge in [0.2, 0.25) is 0 Å². The summed E-state index contributed by atoms with van der Waals surface area (Å²) in [7, 11) is -1.96. The van der Waals surface area contributed by atoms with Crippen molar-refractivity contribution >= 4 is 32.0 Å². The van der Waals surface area contributed by atoms with E-state index >= 15 is 0 Å². The standard InChI is InChI=1S/C23H28BrNO5S/c1-5-10-23(11-12-30-31(4,27)28)20-14-18(24)13-16(2)21(20)22(26)25(23)15-17-6-8-19(29-3)9-7-17/h6-9,13-14H,5,10-12,15H2,1-4H3. The van der Waals surface area contributed by atoms with Gasteiger partial charge in [0.1, 0.15) is 5.75 Å². The molecule has 8 heteroatoms.